The van der Waals surface area contributed by atoms with Crippen LogP contribution in [-0.2, 0) is 18.0 Å². The zero-order valence-electron chi connectivity index (χ0n) is 10.1. The van der Waals surface area contributed by atoms with Crippen molar-refractivity contribution in [3.63, 3.8) is 0 Å². The number of ether oxygens (including phenoxy) is 1. The lowest BCUT2D eigenvalue weighted by Gasteiger charge is -2.14. The molecule has 1 unspecified atom stereocenters. The minimum atomic E-state index is -1.31. The van der Waals surface area contributed by atoms with E-state index in [4.69, 9.17) is 4.74 Å². The normalized spacial score (nSPS) is 15.3. The molecule has 0 saturated heterocycles. The van der Waals surface area contributed by atoms with Crippen LogP contribution >= 0.6 is 0 Å². The molecular formula is C15H12F2O2. The van der Waals surface area contributed by atoms with Crippen molar-refractivity contribution < 1.29 is 18.6 Å². The third-order valence-corrected chi connectivity index (χ3v) is 3.33. The Balaban J connectivity index is 2.02. The molecule has 19 heavy (non-hydrogen) atoms. The van der Waals surface area contributed by atoms with E-state index in [1.54, 1.807) is 12.1 Å². The van der Waals surface area contributed by atoms with E-state index in [9.17, 15) is 13.9 Å². The van der Waals surface area contributed by atoms with Crippen molar-refractivity contribution in [1.82, 2.24) is 0 Å². The highest BCUT2D eigenvalue weighted by molar-refractivity contribution is 5.38. The van der Waals surface area contributed by atoms with Gasteiger partial charge < -0.3 is 9.84 Å². The zero-order valence-corrected chi connectivity index (χ0v) is 10.1. The highest BCUT2D eigenvalue weighted by atomic mass is 19.1. The molecule has 2 aromatic carbocycles. The molecule has 0 radical (unpaired) electrons. The fourth-order valence-electron chi connectivity index (χ4n) is 2.30. The minimum Gasteiger partial charge on any atom is -0.383 e. The van der Waals surface area contributed by atoms with Crippen LogP contribution < -0.4 is 0 Å². The SMILES string of the molecule is OC(c1ccc2c(c1)COC2)c1c(F)cccc1F. The van der Waals surface area contributed by atoms with Crippen molar-refractivity contribution in [2.75, 3.05) is 0 Å². The summed E-state index contributed by atoms with van der Waals surface area (Å²) in [5.41, 5.74) is 2.15. The number of aliphatic hydroxyl groups is 1. The van der Waals surface area contributed by atoms with Crippen LogP contribution in [0.2, 0.25) is 0 Å². The molecule has 2 aromatic rings. The average molecular weight is 262 g/mol. The summed E-state index contributed by atoms with van der Waals surface area (Å²) < 4.78 is 32.5. The highest BCUT2D eigenvalue weighted by Gasteiger charge is 2.21. The number of aliphatic hydroxyl groups excluding tert-OH is 1. The Morgan fingerprint density at radius 2 is 1.68 bits per heavy atom. The number of halogens is 2. The van der Waals surface area contributed by atoms with Crippen molar-refractivity contribution in [1.29, 1.82) is 0 Å². The van der Waals surface area contributed by atoms with Gasteiger partial charge in [-0.2, -0.15) is 0 Å². The Hall–Kier alpha value is -1.78. The van der Waals surface area contributed by atoms with E-state index < -0.39 is 17.7 Å². The Morgan fingerprint density at radius 3 is 2.42 bits per heavy atom. The monoisotopic (exact) mass is 262 g/mol. The molecule has 0 aromatic heterocycles. The van der Waals surface area contributed by atoms with Crippen molar-refractivity contribution in [3.8, 4) is 0 Å². The second-order valence-corrected chi connectivity index (χ2v) is 4.56. The lowest BCUT2D eigenvalue weighted by Crippen LogP contribution is -2.06. The minimum absolute atomic E-state index is 0.318. The lowest BCUT2D eigenvalue weighted by molar-refractivity contribution is 0.134. The van der Waals surface area contributed by atoms with E-state index in [1.807, 2.05) is 6.07 Å². The van der Waals surface area contributed by atoms with Gasteiger partial charge in [0.05, 0.1) is 18.8 Å². The van der Waals surface area contributed by atoms with Crippen LogP contribution in [0.5, 0.6) is 0 Å². The van der Waals surface area contributed by atoms with Gasteiger partial charge in [-0.25, -0.2) is 8.78 Å². The highest BCUT2D eigenvalue weighted by Crippen LogP contribution is 2.30. The van der Waals surface area contributed by atoms with E-state index in [0.717, 1.165) is 23.3 Å². The fourth-order valence-corrected chi connectivity index (χ4v) is 2.30. The molecule has 1 heterocycles. The molecule has 0 bridgehead atoms. The number of fused-ring (bicyclic) bond motifs is 1. The topological polar surface area (TPSA) is 29.5 Å². The van der Waals surface area contributed by atoms with Crippen LogP contribution in [0.4, 0.5) is 8.78 Å². The molecule has 0 aliphatic carbocycles. The summed E-state index contributed by atoms with van der Waals surface area (Å²) in [7, 11) is 0. The predicted octanol–water partition coefficient (Wildman–Crippen LogP) is 3.08. The predicted molar refractivity (Wildman–Crippen MR) is 65.4 cm³/mol. The maximum absolute atomic E-state index is 13.6. The van der Waals surface area contributed by atoms with E-state index in [0.29, 0.717) is 18.8 Å². The quantitative estimate of drug-likeness (QED) is 0.901. The zero-order chi connectivity index (χ0) is 13.4. The molecule has 1 atom stereocenters. The summed E-state index contributed by atoms with van der Waals surface area (Å²) in [5.74, 6) is -1.49. The first-order valence-electron chi connectivity index (χ1n) is 5.98. The second-order valence-electron chi connectivity index (χ2n) is 4.56. The first-order chi connectivity index (χ1) is 9.16. The molecule has 98 valence electrons. The maximum Gasteiger partial charge on any atom is 0.132 e. The summed E-state index contributed by atoms with van der Waals surface area (Å²) in [6, 6.07) is 8.77. The number of hydrogen-bond donors (Lipinski definition) is 1. The summed E-state index contributed by atoms with van der Waals surface area (Å²) in [4.78, 5) is 0. The largest absolute Gasteiger partial charge is 0.383 e. The second kappa shape index (κ2) is 4.72. The first-order valence-corrected chi connectivity index (χ1v) is 5.98. The summed E-state index contributed by atoms with van der Waals surface area (Å²) in [5, 5.41) is 10.2. The molecule has 0 saturated carbocycles. The van der Waals surface area contributed by atoms with Crippen molar-refractivity contribution in [2.24, 2.45) is 0 Å². The van der Waals surface area contributed by atoms with Crippen LogP contribution in [0.25, 0.3) is 0 Å². The summed E-state index contributed by atoms with van der Waals surface area (Å²) >= 11 is 0. The van der Waals surface area contributed by atoms with Crippen LogP contribution in [0, 0.1) is 11.6 Å². The number of hydrogen-bond acceptors (Lipinski definition) is 2. The fraction of sp³-hybridized carbons (Fsp3) is 0.200. The van der Waals surface area contributed by atoms with Gasteiger partial charge in [0.2, 0.25) is 0 Å². The molecule has 2 nitrogen and oxygen atoms in total. The average Bonchev–Trinajstić information content (AvgIpc) is 2.85. The van der Waals surface area contributed by atoms with Crippen LogP contribution in [0.15, 0.2) is 36.4 Å². The molecule has 1 aliphatic heterocycles. The summed E-state index contributed by atoms with van der Waals surface area (Å²) in [6.07, 6.45) is -1.31. The Morgan fingerprint density at radius 1 is 1.00 bits per heavy atom. The van der Waals surface area contributed by atoms with Gasteiger partial charge in [0, 0.05) is 0 Å². The lowest BCUT2D eigenvalue weighted by atomic mass is 9.97. The number of rotatable bonds is 2. The van der Waals surface area contributed by atoms with Crippen molar-refractivity contribution in [2.45, 2.75) is 19.3 Å². The molecule has 0 fully saturated rings. The summed E-state index contributed by atoms with van der Waals surface area (Å²) in [6.45, 7) is 1.01. The van der Waals surface area contributed by atoms with Crippen LogP contribution in [0.3, 0.4) is 0 Å². The Labute approximate surface area is 109 Å². The molecule has 3 rings (SSSR count). The molecule has 0 amide bonds. The van der Waals surface area contributed by atoms with Gasteiger partial charge in [-0.15, -0.1) is 0 Å². The van der Waals surface area contributed by atoms with E-state index >= 15 is 0 Å². The number of benzene rings is 2. The maximum atomic E-state index is 13.6. The Bertz CT molecular complexity index is 605. The van der Waals surface area contributed by atoms with Gasteiger partial charge in [-0.1, -0.05) is 24.3 Å². The third kappa shape index (κ3) is 2.13. The van der Waals surface area contributed by atoms with Crippen LogP contribution in [0.1, 0.15) is 28.4 Å². The molecule has 1 N–H and O–H groups in total. The third-order valence-electron chi connectivity index (χ3n) is 3.33. The van der Waals surface area contributed by atoms with Gasteiger partial charge in [0.1, 0.15) is 17.7 Å². The molecule has 0 spiro atoms. The van der Waals surface area contributed by atoms with Crippen LogP contribution in [-0.4, -0.2) is 5.11 Å². The van der Waals surface area contributed by atoms with E-state index in [-0.39, 0.29) is 5.56 Å². The Kier molecular flexibility index (Phi) is 3.05. The molecule has 1 aliphatic rings. The van der Waals surface area contributed by atoms with Gasteiger partial charge in [-0.3, -0.25) is 0 Å². The van der Waals surface area contributed by atoms with Crippen molar-refractivity contribution in [3.05, 3.63) is 70.3 Å². The van der Waals surface area contributed by atoms with Gasteiger partial charge in [-0.05, 0) is 28.8 Å². The van der Waals surface area contributed by atoms with Gasteiger partial charge in [0.15, 0.2) is 0 Å². The molecule has 4 heteroatoms. The van der Waals surface area contributed by atoms with Crippen molar-refractivity contribution >= 4 is 0 Å². The van der Waals surface area contributed by atoms with E-state index in [1.165, 1.54) is 6.07 Å². The standard InChI is InChI=1S/C15H12F2O2/c16-12-2-1-3-13(17)14(12)15(18)9-4-5-10-7-19-8-11(10)6-9/h1-6,15,18H,7-8H2. The van der Waals surface area contributed by atoms with E-state index in [2.05, 4.69) is 0 Å². The van der Waals surface area contributed by atoms with Gasteiger partial charge in [0.25, 0.3) is 0 Å². The smallest absolute Gasteiger partial charge is 0.132 e. The van der Waals surface area contributed by atoms with Gasteiger partial charge >= 0.3 is 0 Å². The molecular weight excluding hydrogens is 250 g/mol. The first kappa shape index (κ1) is 12.3.